The smallest absolute Gasteiger partial charge is 0.0702 e. The van der Waals surface area contributed by atoms with Gasteiger partial charge in [-0.3, -0.25) is 0 Å². The molecule has 3 atom stereocenters. The Morgan fingerprint density at radius 2 is 1.95 bits per heavy atom. The molecule has 1 aliphatic heterocycles. The van der Waals surface area contributed by atoms with E-state index < -0.39 is 0 Å². The first-order valence-corrected chi connectivity index (χ1v) is 8.33. The lowest BCUT2D eigenvalue weighted by atomic mass is 9.84. The third-order valence-corrected chi connectivity index (χ3v) is 4.65. The zero-order valence-corrected chi connectivity index (χ0v) is 12.9. The fourth-order valence-electron chi connectivity index (χ4n) is 3.64. The molecule has 0 aromatic heterocycles. The second-order valence-corrected chi connectivity index (χ2v) is 6.46. The molecule has 112 valence electrons. The third-order valence-electron chi connectivity index (χ3n) is 4.65. The maximum Gasteiger partial charge on any atom is 0.0702 e. The summed E-state index contributed by atoms with van der Waals surface area (Å²) in [4.78, 5) is 2.51. The molecule has 1 heterocycles. The van der Waals surface area contributed by atoms with Crippen molar-refractivity contribution in [2.45, 2.75) is 64.0 Å². The van der Waals surface area contributed by atoms with Gasteiger partial charge in [0.1, 0.15) is 0 Å². The van der Waals surface area contributed by atoms with E-state index in [1.165, 1.54) is 58.0 Å². The van der Waals surface area contributed by atoms with Crippen molar-refractivity contribution in [3.05, 3.63) is 0 Å². The van der Waals surface area contributed by atoms with Gasteiger partial charge in [-0.05, 0) is 51.6 Å². The fraction of sp³-hybridized carbons (Fsp3) is 1.00. The molecule has 3 nitrogen and oxygen atoms in total. The van der Waals surface area contributed by atoms with Crippen molar-refractivity contribution in [2.75, 3.05) is 33.3 Å². The molecule has 1 N–H and O–H groups in total. The molecular formula is C16H32N2O. The van der Waals surface area contributed by atoms with Crippen molar-refractivity contribution in [3.8, 4) is 0 Å². The van der Waals surface area contributed by atoms with Crippen LogP contribution in [-0.2, 0) is 4.74 Å². The molecule has 3 heteroatoms. The molecule has 2 fully saturated rings. The summed E-state index contributed by atoms with van der Waals surface area (Å²) in [6, 6.07) is 0.751. The molecule has 0 bridgehead atoms. The minimum atomic E-state index is 0.496. The summed E-state index contributed by atoms with van der Waals surface area (Å²) in [5.74, 6) is 0.840. The van der Waals surface area contributed by atoms with Crippen molar-refractivity contribution in [1.29, 1.82) is 0 Å². The molecule has 3 unspecified atom stereocenters. The number of hydrogen-bond acceptors (Lipinski definition) is 3. The largest absolute Gasteiger partial charge is 0.377 e. The van der Waals surface area contributed by atoms with Gasteiger partial charge in [0, 0.05) is 25.7 Å². The summed E-state index contributed by atoms with van der Waals surface area (Å²) in [6.07, 6.45) is 9.85. The molecule has 2 rings (SSSR count). The summed E-state index contributed by atoms with van der Waals surface area (Å²) in [5.41, 5.74) is 0. The summed E-state index contributed by atoms with van der Waals surface area (Å²) in [5, 5.41) is 3.76. The van der Waals surface area contributed by atoms with Crippen LogP contribution in [0.1, 0.15) is 51.9 Å². The Morgan fingerprint density at radius 1 is 1.11 bits per heavy atom. The number of nitrogens with zero attached hydrogens (tertiary/aromatic N) is 1. The first kappa shape index (κ1) is 15.3. The number of rotatable bonds is 7. The van der Waals surface area contributed by atoms with Crippen molar-refractivity contribution in [3.63, 3.8) is 0 Å². The van der Waals surface area contributed by atoms with E-state index in [4.69, 9.17) is 4.74 Å². The van der Waals surface area contributed by atoms with Crippen LogP contribution < -0.4 is 5.32 Å². The second kappa shape index (κ2) is 8.23. The third kappa shape index (κ3) is 5.05. The predicted molar refractivity (Wildman–Crippen MR) is 80.5 cm³/mol. The average Bonchev–Trinajstić information content (AvgIpc) is 2.90. The molecule has 0 aromatic rings. The van der Waals surface area contributed by atoms with Crippen LogP contribution in [0.4, 0.5) is 0 Å². The summed E-state index contributed by atoms with van der Waals surface area (Å²) >= 11 is 0. The van der Waals surface area contributed by atoms with Gasteiger partial charge in [-0.1, -0.05) is 19.8 Å². The molecule has 0 amide bonds. The topological polar surface area (TPSA) is 24.5 Å². The van der Waals surface area contributed by atoms with Gasteiger partial charge in [-0.2, -0.15) is 0 Å². The van der Waals surface area contributed by atoms with Crippen LogP contribution in [0.2, 0.25) is 0 Å². The Labute approximate surface area is 119 Å². The Balaban J connectivity index is 1.73. The zero-order valence-electron chi connectivity index (χ0n) is 12.9. The van der Waals surface area contributed by atoms with Crippen molar-refractivity contribution >= 4 is 0 Å². The Kier molecular flexibility index (Phi) is 6.62. The van der Waals surface area contributed by atoms with Gasteiger partial charge >= 0.3 is 0 Å². The van der Waals surface area contributed by atoms with E-state index in [0.29, 0.717) is 6.10 Å². The standard InChI is InChI=1S/C16H32N2O/c1-3-10-17-16-9-5-4-7-14(16)12-18(2)13-15-8-6-11-19-15/h14-17H,3-13H2,1-2H3. The lowest BCUT2D eigenvalue weighted by Crippen LogP contribution is -2.44. The van der Waals surface area contributed by atoms with Crippen LogP contribution >= 0.6 is 0 Å². The molecule has 1 saturated heterocycles. The highest BCUT2D eigenvalue weighted by atomic mass is 16.5. The SMILES string of the molecule is CCCNC1CCCCC1CN(C)CC1CCCO1. The van der Waals surface area contributed by atoms with Crippen molar-refractivity contribution in [2.24, 2.45) is 5.92 Å². The first-order valence-electron chi connectivity index (χ1n) is 8.33. The lowest BCUT2D eigenvalue weighted by molar-refractivity contribution is 0.0711. The molecule has 19 heavy (non-hydrogen) atoms. The summed E-state index contributed by atoms with van der Waals surface area (Å²) < 4.78 is 5.75. The van der Waals surface area contributed by atoms with Crippen LogP contribution in [0.25, 0.3) is 0 Å². The van der Waals surface area contributed by atoms with E-state index in [9.17, 15) is 0 Å². The van der Waals surface area contributed by atoms with Gasteiger partial charge < -0.3 is 15.0 Å². The van der Waals surface area contributed by atoms with Crippen molar-refractivity contribution in [1.82, 2.24) is 10.2 Å². The molecular weight excluding hydrogens is 236 g/mol. The summed E-state index contributed by atoms with van der Waals surface area (Å²) in [7, 11) is 2.27. The van der Waals surface area contributed by atoms with E-state index in [-0.39, 0.29) is 0 Å². The van der Waals surface area contributed by atoms with Gasteiger partial charge in [-0.25, -0.2) is 0 Å². The Bertz CT molecular complexity index is 241. The van der Waals surface area contributed by atoms with Crippen LogP contribution in [0.3, 0.4) is 0 Å². The molecule has 1 aliphatic carbocycles. The molecule has 0 aromatic carbocycles. The minimum absolute atomic E-state index is 0.496. The average molecular weight is 268 g/mol. The highest BCUT2D eigenvalue weighted by Crippen LogP contribution is 2.25. The van der Waals surface area contributed by atoms with Gasteiger partial charge in [0.2, 0.25) is 0 Å². The number of likely N-dealkylation sites (N-methyl/N-ethyl adjacent to an activating group) is 1. The molecule has 0 radical (unpaired) electrons. The van der Waals surface area contributed by atoms with E-state index in [0.717, 1.165) is 25.1 Å². The lowest BCUT2D eigenvalue weighted by Gasteiger charge is -2.35. The van der Waals surface area contributed by atoms with Crippen LogP contribution in [0.15, 0.2) is 0 Å². The quantitative estimate of drug-likeness (QED) is 0.768. The van der Waals surface area contributed by atoms with Crippen LogP contribution in [-0.4, -0.2) is 50.3 Å². The van der Waals surface area contributed by atoms with E-state index in [2.05, 4.69) is 24.2 Å². The summed E-state index contributed by atoms with van der Waals surface area (Å²) in [6.45, 7) is 6.77. The molecule has 0 spiro atoms. The molecule has 1 saturated carbocycles. The van der Waals surface area contributed by atoms with Gasteiger partial charge in [0.25, 0.3) is 0 Å². The molecule has 2 aliphatic rings. The van der Waals surface area contributed by atoms with Gasteiger partial charge in [0.15, 0.2) is 0 Å². The van der Waals surface area contributed by atoms with E-state index in [1.54, 1.807) is 0 Å². The predicted octanol–water partition coefficient (Wildman–Crippen LogP) is 2.66. The van der Waals surface area contributed by atoms with Gasteiger partial charge in [0.05, 0.1) is 6.10 Å². The normalized spacial score (nSPS) is 32.1. The highest BCUT2D eigenvalue weighted by molar-refractivity contribution is 4.83. The van der Waals surface area contributed by atoms with Crippen molar-refractivity contribution < 1.29 is 4.74 Å². The number of nitrogens with one attached hydrogen (secondary N) is 1. The number of ether oxygens (including phenoxy) is 1. The van der Waals surface area contributed by atoms with Gasteiger partial charge in [-0.15, -0.1) is 0 Å². The monoisotopic (exact) mass is 268 g/mol. The Morgan fingerprint density at radius 3 is 2.68 bits per heavy atom. The number of hydrogen-bond donors (Lipinski definition) is 1. The second-order valence-electron chi connectivity index (χ2n) is 6.46. The highest BCUT2D eigenvalue weighted by Gasteiger charge is 2.26. The maximum atomic E-state index is 5.75. The Hall–Kier alpha value is -0.120. The first-order chi connectivity index (χ1) is 9.29. The zero-order chi connectivity index (χ0) is 13.5. The van der Waals surface area contributed by atoms with Crippen LogP contribution in [0, 0.1) is 5.92 Å². The van der Waals surface area contributed by atoms with E-state index >= 15 is 0 Å². The minimum Gasteiger partial charge on any atom is -0.377 e. The maximum absolute atomic E-state index is 5.75. The van der Waals surface area contributed by atoms with E-state index in [1.807, 2.05) is 0 Å². The van der Waals surface area contributed by atoms with Crippen LogP contribution in [0.5, 0.6) is 0 Å². The fourth-order valence-corrected chi connectivity index (χ4v) is 3.64.